The van der Waals surface area contributed by atoms with Gasteiger partial charge in [0.1, 0.15) is 5.75 Å². The molecule has 0 aliphatic heterocycles. The van der Waals surface area contributed by atoms with Crippen molar-refractivity contribution in [2.75, 3.05) is 19.1 Å². The zero-order valence-corrected chi connectivity index (χ0v) is 21.2. The lowest BCUT2D eigenvalue weighted by molar-refractivity contribution is -0.121. The standard InChI is InChI=1S/C28H29N5O2S/c1-35-20-12-10-19(11-13-20)27-22(21-7-3-4-8-23(21)30-27)14-15-26(34)29-24(16-18-36-2)28-32-31-25-9-5-6-17-33(25)28/h3-13,17,24,30H,14-16,18H2,1-2H3,(H,29,34). The Labute approximate surface area is 214 Å². The Hall–Kier alpha value is -3.78. The molecule has 184 valence electrons. The van der Waals surface area contributed by atoms with Crippen LogP contribution in [-0.2, 0) is 11.2 Å². The first-order valence-electron chi connectivity index (χ1n) is 12.0. The number of hydrogen-bond acceptors (Lipinski definition) is 5. The first-order valence-corrected chi connectivity index (χ1v) is 13.4. The minimum absolute atomic E-state index is 0.000235. The van der Waals surface area contributed by atoms with E-state index in [9.17, 15) is 4.79 Å². The van der Waals surface area contributed by atoms with Gasteiger partial charge >= 0.3 is 0 Å². The Balaban J connectivity index is 1.37. The van der Waals surface area contributed by atoms with Gasteiger partial charge in [0.15, 0.2) is 11.5 Å². The number of benzene rings is 2. The molecule has 3 aromatic heterocycles. The predicted molar refractivity (Wildman–Crippen MR) is 145 cm³/mol. The van der Waals surface area contributed by atoms with Crippen LogP contribution < -0.4 is 10.1 Å². The average Bonchev–Trinajstić information content (AvgIpc) is 3.51. The van der Waals surface area contributed by atoms with Gasteiger partial charge in [-0.3, -0.25) is 9.20 Å². The van der Waals surface area contributed by atoms with Gasteiger partial charge in [-0.25, -0.2) is 0 Å². The van der Waals surface area contributed by atoms with Crippen LogP contribution in [0.5, 0.6) is 5.75 Å². The normalized spacial score (nSPS) is 12.2. The number of hydrogen-bond donors (Lipinski definition) is 2. The number of nitrogens with one attached hydrogen (secondary N) is 2. The van der Waals surface area contributed by atoms with Gasteiger partial charge in [-0.15, -0.1) is 10.2 Å². The molecule has 2 aromatic carbocycles. The summed E-state index contributed by atoms with van der Waals surface area (Å²) in [5.74, 6) is 2.49. The van der Waals surface area contributed by atoms with Crippen LogP contribution in [0.15, 0.2) is 72.9 Å². The van der Waals surface area contributed by atoms with Crippen LogP contribution in [0, 0.1) is 0 Å². The summed E-state index contributed by atoms with van der Waals surface area (Å²) in [6, 6.07) is 21.8. The Kier molecular flexibility index (Phi) is 7.23. The number of pyridine rings is 1. The number of aryl methyl sites for hydroxylation is 1. The minimum Gasteiger partial charge on any atom is -0.497 e. The van der Waals surface area contributed by atoms with Crippen molar-refractivity contribution in [3.05, 3.63) is 84.3 Å². The molecule has 2 N–H and O–H groups in total. The molecule has 1 amide bonds. The number of nitrogens with zero attached hydrogens (tertiary/aromatic N) is 3. The van der Waals surface area contributed by atoms with E-state index < -0.39 is 0 Å². The third-order valence-corrected chi connectivity index (χ3v) is 7.04. The molecule has 0 saturated carbocycles. The van der Waals surface area contributed by atoms with Gasteiger partial charge in [-0.05, 0) is 78.4 Å². The summed E-state index contributed by atoms with van der Waals surface area (Å²) in [5.41, 5.74) is 5.08. The van der Waals surface area contributed by atoms with Crippen molar-refractivity contribution in [1.29, 1.82) is 0 Å². The third kappa shape index (κ3) is 4.95. The van der Waals surface area contributed by atoms with Crippen molar-refractivity contribution < 1.29 is 9.53 Å². The van der Waals surface area contributed by atoms with Crippen molar-refractivity contribution in [2.24, 2.45) is 0 Å². The Bertz CT molecular complexity index is 1470. The number of carbonyl (C=O) groups excluding carboxylic acids is 1. The van der Waals surface area contributed by atoms with Crippen molar-refractivity contribution in [2.45, 2.75) is 25.3 Å². The van der Waals surface area contributed by atoms with Crippen LogP contribution in [-0.4, -0.2) is 44.6 Å². The maximum atomic E-state index is 13.2. The minimum atomic E-state index is -0.202. The number of amides is 1. The lowest BCUT2D eigenvalue weighted by Crippen LogP contribution is -2.30. The van der Waals surface area contributed by atoms with E-state index in [0.717, 1.165) is 57.1 Å². The first kappa shape index (κ1) is 23.9. The van der Waals surface area contributed by atoms with E-state index in [1.807, 2.05) is 65.2 Å². The monoisotopic (exact) mass is 499 g/mol. The highest BCUT2D eigenvalue weighted by atomic mass is 32.2. The molecular formula is C28H29N5O2S. The number of para-hydroxylation sites is 1. The molecule has 3 heterocycles. The summed E-state index contributed by atoms with van der Waals surface area (Å²) in [6.07, 6.45) is 5.78. The summed E-state index contributed by atoms with van der Waals surface area (Å²) in [4.78, 5) is 16.8. The number of ether oxygens (including phenoxy) is 1. The molecule has 0 spiro atoms. The zero-order valence-electron chi connectivity index (χ0n) is 20.4. The van der Waals surface area contributed by atoms with Crippen LogP contribution in [0.4, 0.5) is 0 Å². The largest absolute Gasteiger partial charge is 0.497 e. The highest BCUT2D eigenvalue weighted by Gasteiger charge is 2.21. The van der Waals surface area contributed by atoms with E-state index in [0.29, 0.717) is 12.8 Å². The maximum absolute atomic E-state index is 13.2. The van der Waals surface area contributed by atoms with E-state index >= 15 is 0 Å². The lowest BCUT2D eigenvalue weighted by Gasteiger charge is -2.17. The van der Waals surface area contributed by atoms with Crippen LogP contribution in [0.3, 0.4) is 0 Å². The molecule has 0 fully saturated rings. The van der Waals surface area contributed by atoms with Gasteiger partial charge in [0.2, 0.25) is 5.91 Å². The highest BCUT2D eigenvalue weighted by molar-refractivity contribution is 7.98. The number of rotatable bonds is 10. The molecule has 8 heteroatoms. The summed E-state index contributed by atoms with van der Waals surface area (Å²) < 4.78 is 7.27. The molecule has 1 atom stereocenters. The van der Waals surface area contributed by atoms with E-state index in [1.165, 1.54) is 0 Å². The van der Waals surface area contributed by atoms with E-state index in [4.69, 9.17) is 4.74 Å². The lowest BCUT2D eigenvalue weighted by atomic mass is 10.0. The summed E-state index contributed by atoms with van der Waals surface area (Å²) in [6.45, 7) is 0. The van der Waals surface area contributed by atoms with E-state index in [2.05, 4.69) is 38.9 Å². The Morgan fingerprint density at radius 1 is 1.08 bits per heavy atom. The fourth-order valence-corrected chi connectivity index (χ4v) is 5.04. The quantitative estimate of drug-likeness (QED) is 0.268. The fraction of sp³-hybridized carbons (Fsp3) is 0.250. The van der Waals surface area contributed by atoms with Crippen LogP contribution in [0.25, 0.3) is 27.8 Å². The zero-order chi connectivity index (χ0) is 24.9. The number of aromatic amines is 1. The van der Waals surface area contributed by atoms with Crippen molar-refractivity contribution in [3.8, 4) is 17.0 Å². The van der Waals surface area contributed by atoms with Crippen LogP contribution in [0.1, 0.15) is 30.3 Å². The number of carbonyl (C=O) groups is 1. The van der Waals surface area contributed by atoms with E-state index in [-0.39, 0.29) is 11.9 Å². The van der Waals surface area contributed by atoms with Crippen molar-refractivity contribution >= 4 is 34.2 Å². The second-order valence-electron chi connectivity index (χ2n) is 8.64. The number of methoxy groups -OCH3 is 1. The molecule has 0 aliphatic carbocycles. The van der Waals surface area contributed by atoms with Gasteiger partial charge in [0.05, 0.1) is 13.2 Å². The fourth-order valence-electron chi connectivity index (χ4n) is 4.57. The number of H-pyrrole nitrogens is 1. The molecule has 36 heavy (non-hydrogen) atoms. The number of thioether (sulfide) groups is 1. The van der Waals surface area contributed by atoms with Gasteiger partial charge in [-0.1, -0.05) is 24.3 Å². The first-order chi connectivity index (χ1) is 17.7. The maximum Gasteiger partial charge on any atom is 0.220 e. The topological polar surface area (TPSA) is 84.3 Å². The SMILES string of the molecule is COc1ccc(-c2[nH]c3ccccc3c2CCC(=O)NC(CCSC)c2nnc3ccccn23)cc1. The Morgan fingerprint density at radius 3 is 2.69 bits per heavy atom. The van der Waals surface area contributed by atoms with E-state index in [1.54, 1.807) is 18.9 Å². The van der Waals surface area contributed by atoms with Gasteiger partial charge in [0.25, 0.3) is 0 Å². The molecule has 1 unspecified atom stereocenters. The van der Waals surface area contributed by atoms with Gasteiger partial charge in [0, 0.05) is 29.2 Å². The summed E-state index contributed by atoms with van der Waals surface area (Å²) >= 11 is 1.75. The number of fused-ring (bicyclic) bond motifs is 2. The molecular weight excluding hydrogens is 470 g/mol. The molecule has 7 nitrogen and oxygen atoms in total. The summed E-state index contributed by atoms with van der Waals surface area (Å²) in [5, 5.41) is 13.0. The second-order valence-corrected chi connectivity index (χ2v) is 9.63. The smallest absolute Gasteiger partial charge is 0.220 e. The average molecular weight is 500 g/mol. The predicted octanol–water partition coefficient (Wildman–Crippen LogP) is 5.43. The van der Waals surface area contributed by atoms with Crippen molar-refractivity contribution in [1.82, 2.24) is 24.9 Å². The molecule has 0 radical (unpaired) electrons. The van der Waals surface area contributed by atoms with Crippen molar-refractivity contribution in [3.63, 3.8) is 0 Å². The number of aromatic nitrogens is 4. The molecule has 0 aliphatic rings. The van der Waals surface area contributed by atoms with Crippen LogP contribution in [0.2, 0.25) is 0 Å². The third-order valence-electron chi connectivity index (χ3n) is 6.39. The molecule has 5 rings (SSSR count). The molecule has 5 aromatic rings. The van der Waals surface area contributed by atoms with Crippen LogP contribution >= 0.6 is 11.8 Å². The molecule has 0 bridgehead atoms. The van der Waals surface area contributed by atoms with Gasteiger partial charge in [-0.2, -0.15) is 11.8 Å². The second kappa shape index (κ2) is 10.9. The molecule has 0 saturated heterocycles. The highest BCUT2D eigenvalue weighted by Crippen LogP contribution is 2.32. The Morgan fingerprint density at radius 2 is 1.89 bits per heavy atom. The van der Waals surface area contributed by atoms with Gasteiger partial charge < -0.3 is 15.0 Å². The summed E-state index contributed by atoms with van der Waals surface area (Å²) in [7, 11) is 1.66.